The lowest BCUT2D eigenvalue weighted by Gasteiger charge is -2.26. The van der Waals surface area contributed by atoms with Gasteiger partial charge in [-0.2, -0.15) is 5.10 Å². The van der Waals surface area contributed by atoms with Crippen molar-refractivity contribution in [3.63, 3.8) is 0 Å². The first-order chi connectivity index (χ1) is 8.24. The number of hydrogen-bond donors (Lipinski definition) is 2. The van der Waals surface area contributed by atoms with Gasteiger partial charge in [0, 0.05) is 44.0 Å². The first-order valence-electron chi connectivity index (χ1n) is 6.26. The number of aryl methyl sites for hydroxylation is 1. The summed E-state index contributed by atoms with van der Waals surface area (Å²) in [6.45, 7) is 5.74. The minimum absolute atomic E-state index is 0.481. The Morgan fingerprint density at radius 3 is 3.24 bits per heavy atom. The number of nitrogens with zero attached hydrogens (tertiary/aromatic N) is 2. The van der Waals surface area contributed by atoms with E-state index in [9.17, 15) is 0 Å². The number of aromatic nitrogens is 2. The summed E-state index contributed by atoms with van der Waals surface area (Å²) in [5, 5.41) is 11.1. The SMILES string of the molecule is CC(CC1COCCN1)NCc1cnn(C)c1. The average Bonchev–Trinajstić information content (AvgIpc) is 2.74. The van der Waals surface area contributed by atoms with Gasteiger partial charge in [0.1, 0.15) is 0 Å². The lowest BCUT2D eigenvalue weighted by molar-refractivity contribution is 0.0712. The summed E-state index contributed by atoms with van der Waals surface area (Å²) >= 11 is 0. The average molecular weight is 238 g/mol. The van der Waals surface area contributed by atoms with Crippen LogP contribution in [0.2, 0.25) is 0 Å². The Morgan fingerprint density at radius 2 is 2.59 bits per heavy atom. The lowest BCUT2D eigenvalue weighted by atomic mass is 10.1. The highest BCUT2D eigenvalue weighted by atomic mass is 16.5. The number of morpholine rings is 1. The van der Waals surface area contributed by atoms with Crippen molar-refractivity contribution in [2.45, 2.75) is 32.0 Å². The molecule has 0 aliphatic carbocycles. The van der Waals surface area contributed by atoms with Gasteiger partial charge < -0.3 is 15.4 Å². The van der Waals surface area contributed by atoms with Gasteiger partial charge in [0.2, 0.25) is 0 Å². The fourth-order valence-corrected chi connectivity index (χ4v) is 2.14. The number of ether oxygens (including phenoxy) is 1. The second-order valence-electron chi connectivity index (χ2n) is 4.77. The zero-order valence-corrected chi connectivity index (χ0v) is 10.6. The number of nitrogens with one attached hydrogen (secondary N) is 2. The highest BCUT2D eigenvalue weighted by molar-refractivity contribution is 5.03. The second-order valence-corrected chi connectivity index (χ2v) is 4.77. The van der Waals surface area contributed by atoms with Gasteiger partial charge in [0.25, 0.3) is 0 Å². The van der Waals surface area contributed by atoms with Crippen LogP contribution in [0.25, 0.3) is 0 Å². The molecule has 2 N–H and O–H groups in total. The van der Waals surface area contributed by atoms with Gasteiger partial charge >= 0.3 is 0 Å². The van der Waals surface area contributed by atoms with Crippen LogP contribution in [0.3, 0.4) is 0 Å². The minimum atomic E-state index is 0.481. The maximum absolute atomic E-state index is 5.45. The molecule has 1 aliphatic rings. The van der Waals surface area contributed by atoms with Crippen LogP contribution in [0.15, 0.2) is 12.4 Å². The molecule has 1 fully saturated rings. The molecule has 5 heteroatoms. The first-order valence-corrected chi connectivity index (χ1v) is 6.26. The Kier molecular flexibility index (Phi) is 4.53. The molecular formula is C12H22N4O. The highest BCUT2D eigenvalue weighted by Gasteiger charge is 2.15. The second kappa shape index (κ2) is 6.14. The summed E-state index contributed by atoms with van der Waals surface area (Å²) in [6.07, 6.45) is 5.05. The molecule has 0 spiro atoms. The molecule has 2 atom stereocenters. The Hall–Kier alpha value is -0.910. The quantitative estimate of drug-likeness (QED) is 0.773. The van der Waals surface area contributed by atoms with Gasteiger partial charge in [0.05, 0.1) is 19.4 Å². The standard InChI is InChI=1S/C12H22N4O/c1-10(5-12-9-17-4-3-13-12)14-6-11-7-15-16(2)8-11/h7-8,10,12-14H,3-6,9H2,1-2H3. The molecule has 2 unspecified atom stereocenters. The summed E-state index contributed by atoms with van der Waals surface area (Å²) < 4.78 is 7.28. The predicted molar refractivity (Wildman–Crippen MR) is 66.7 cm³/mol. The van der Waals surface area contributed by atoms with Crippen LogP contribution in [0.4, 0.5) is 0 Å². The molecule has 0 radical (unpaired) electrons. The molecule has 17 heavy (non-hydrogen) atoms. The maximum Gasteiger partial charge on any atom is 0.0620 e. The normalized spacial score (nSPS) is 22.6. The minimum Gasteiger partial charge on any atom is -0.379 e. The van der Waals surface area contributed by atoms with Crippen molar-refractivity contribution in [2.75, 3.05) is 19.8 Å². The van der Waals surface area contributed by atoms with E-state index in [1.807, 2.05) is 24.1 Å². The van der Waals surface area contributed by atoms with Gasteiger partial charge in [0.15, 0.2) is 0 Å². The Morgan fingerprint density at radius 1 is 1.71 bits per heavy atom. The van der Waals surface area contributed by atoms with Crippen LogP contribution in [0.1, 0.15) is 18.9 Å². The van der Waals surface area contributed by atoms with E-state index in [-0.39, 0.29) is 0 Å². The van der Waals surface area contributed by atoms with E-state index < -0.39 is 0 Å². The summed E-state index contributed by atoms with van der Waals surface area (Å²) in [4.78, 5) is 0. The van der Waals surface area contributed by atoms with E-state index in [1.165, 1.54) is 5.56 Å². The van der Waals surface area contributed by atoms with Gasteiger partial charge in [-0.05, 0) is 13.3 Å². The summed E-state index contributed by atoms with van der Waals surface area (Å²) in [6, 6.07) is 0.967. The van der Waals surface area contributed by atoms with Crippen LogP contribution in [-0.4, -0.2) is 41.6 Å². The molecule has 0 saturated carbocycles. The molecule has 0 amide bonds. The van der Waals surface area contributed by atoms with Crippen LogP contribution in [0.5, 0.6) is 0 Å². The van der Waals surface area contributed by atoms with Crippen LogP contribution < -0.4 is 10.6 Å². The van der Waals surface area contributed by atoms with Crippen molar-refractivity contribution in [3.05, 3.63) is 18.0 Å². The Bertz CT molecular complexity index is 333. The molecule has 1 aromatic rings. The number of hydrogen-bond acceptors (Lipinski definition) is 4. The fraction of sp³-hybridized carbons (Fsp3) is 0.750. The van der Waals surface area contributed by atoms with Gasteiger partial charge in [-0.15, -0.1) is 0 Å². The summed E-state index contributed by atoms with van der Waals surface area (Å²) in [5.41, 5.74) is 1.23. The fourth-order valence-electron chi connectivity index (χ4n) is 2.14. The molecule has 1 aliphatic heterocycles. The van der Waals surface area contributed by atoms with Gasteiger partial charge in [-0.25, -0.2) is 0 Å². The predicted octanol–water partition coefficient (Wildman–Crippen LogP) is 0.277. The van der Waals surface area contributed by atoms with Gasteiger partial charge in [-0.1, -0.05) is 0 Å². The van der Waals surface area contributed by atoms with Crippen LogP contribution in [0, 0.1) is 0 Å². The highest BCUT2D eigenvalue weighted by Crippen LogP contribution is 2.04. The number of rotatable bonds is 5. The zero-order chi connectivity index (χ0) is 12.1. The Balaban J connectivity index is 1.68. The molecule has 96 valence electrons. The van der Waals surface area contributed by atoms with Gasteiger partial charge in [-0.3, -0.25) is 4.68 Å². The van der Waals surface area contributed by atoms with Crippen LogP contribution >= 0.6 is 0 Å². The van der Waals surface area contributed by atoms with E-state index in [1.54, 1.807) is 0 Å². The van der Waals surface area contributed by atoms with E-state index in [0.29, 0.717) is 12.1 Å². The molecule has 1 saturated heterocycles. The molecule has 0 bridgehead atoms. The third-order valence-electron chi connectivity index (χ3n) is 3.05. The van der Waals surface area contributed by atoms with E-state index >= 15 is 0 Å². The van der Waals surface area contributed by atoms with E-state index in [0.717, 1.165) is 32.7 Å². The van der Waals surface area contributed by atoms with E-state index in [2.05, 4.69) is 22.7 Å². The van der Waals surface area contributed by atoms with Crippen molar-refractivity contribution >= 4 is 0 Å². The van der Waals surface area contributed by atoms with Crippen molar-refractivity contribution in [1.82, 2.24) is 20.4 Å². The maximum atomic E-state index is 5.45. The third kappa shape index (κ3) is 4.11. The van der Waals surface area contributed by atoms with E-state index in [4.69, 9.17) is 4.74 Å². The van der Waals surface area contributed by atoms with Crippen molar-refractivity contribution in [1.29, 1.82) is 0 Å². The topological polar surface area (TPSA) is 51.1 Å². The molecule has 0 aromatic carbocycles. The monoisotopic (exact) mass is 238 g/mol. The molecule has 2 rings (SSSR count). The van der Waals surface area contributed by atoms with Crippen molar-refractivity contribution in [3.8, 4) is 0 Å². The summed E-state index contributed by atoms with van der Waals surface area (Å²) in [7, 11) is 1.94. The van der Waals surface area contributed by atoms with Crippen molar-refractivity contribution in [2.24, 2.45) is 7.05 Å². The Labute approximate surface area is 103 Å². The largest absolute Gasteiger partial charge is 0.379 e. The van der Waals surface area contributed by atoms with Crippen molar-refractivity contribution < 1.29 is 4.74 Å². The zero-order valence-electron chi connectivity index (χ0n) is 10.6. The third-order valence-corrected chi connectivity index (χ3v) is 3.05. The molecular weight excluding hydrogens is 216 g/mol. The lowest BCUT2D eigenvalue weighted by Crippen LogP contribution is -2.44. The summed E-state index contributed by atoms with van der Waals surface area (Å²) in [5.74, 6) is 0. The molecule has 1 aromatic heterocycles. The molecule has 5 nitrogen and oxygen atoms in total. The molecule has 2 heterocycles. The first kappa shape index (κ1) is 12.5. The smallest absolute Gasteiger partial charge is 0.0620 e. The van der Waals surface area contributed by atoms with Crippen LogP contribution in [-0.2, 0) is 18.3 Å².